The summed E-state index contributed by atoms with van der Waals surface area (Å²) in [6.45, 7) is 2.86. The molecule has 0 fully saturated rings. The van der Waals surface area contributed by atoms with E-state index in [0.717, 1.165) is 0 Å². The van der Waals surface area contributed by atoms with Crippen LogP contribution in [0.25, 0.3) is 0 Å². The molecule has 0 radical (unpaired) electrons. The Morgan fingerprint density at radius 2 is 1.42 bits per heavy atom. The lowest BCUT2D eigenvalue weighted by Gasteiger charge is -2.25. The molecular formula is C23H35N5O8. The molecule has 0 heterocycles. The maximum atomic E-state index is 13.2. The van der Waals surface area contributed by atoms with Gasteiger partial charge in [0.15, 0.2) is 0 Å². The van der Waals surface area contributed by atoms with Gasteiger partial charge in [-0.3, -0.25) is 19.2 Å². The average molecular weight is 510 g/mol. The van der Waals surface area contributed by atoms with Gasteiger partial charge in [-0.25, -0.2) is 4.79 Å². The van der Waals surface area contributed by atoms with Crippen LogP contribution in [0.15, 0.2) is 24.3 Å². The van der Waals surface area contributed by atoms with Gasteiger partial charge in [0.05, 0.1) is 12.6 Å². The third-order valence-electron chi connectivity index (χ3n) is 5.18. The van der Waals surface area contributed by atoms with Gasteiger partial charge in [-0.05, 0) is 36.5 Å². The number of aliphatic carboxylic acids is 1. The number of carboxylic acid groups (broad SMARTS) is 1. The normalized spacial score (nSPS) is 14.2. The lowest BCUT2D eigenvalue weighted by atomic mass is 10.0. The average Bonchev–Trinajstić information content (AvgIpc) is 2.79. The highest BCUT2D eigenvalue weighted by atomic mass is 16.4. The number of nitrogens with two attached hydrogens (primary N) is 2. The van der Waals surface area contributed by atoms with Crippen molar-refractivity contribution >= 4 is 29.6 Å². The van der Waals surface area contributed by atoms with E-state index < -0.39 is 60.4 Å². The molecule has 4 amide bonds. The number of rotatable bonds is 15. The second-order valence-corrected chi connectivity index (χ2v) is 8.82. The van der Waals surface area contributed by atoms with Crippen LogP contribution in [0.4, 0.5) is 0 Å². The lowest BCUT2D eigenvalue weighted by molar-refractivity contribution is -0.143. The van der Waals surface area contributed by atoms with Gasteiger partial charge >= 0.3 is 5.97 Å². The third kappa shape index (κ3) is 10.7. The van der Waals surface area contributed by atoms with Gasteiger partial charge in [0.25, 0.3) is 0 Å². The first-order chi connectivity index (χ1) is 16.8. The SMILES string of the molecule is CC(C)CC(N)C(=O)NC(Cc1ccc(O)cc1)C(=O)NC(CCC(N)=O)C(=O)NC(CO)C(=O)O. The smallest absolute Gasteiger partial charge is 0.328 e. The molecule has 10 N–H and O–H groups in total. The van der Waals surface area contributed by atoms with Crippen molar-refractivity contribution in [2.24, 2.45) is 17.4 Å². The van der Waals surface area contributed by atoms with E-state index in [0.29, 0.717) is 12.0 Å². The molecule has 13 nitrogen and oxygen atoms in total. The molecule has 1 rings (SSSR count). The predicted octanol–water partition coefficient (Wildman–Crippen LogP) is -1.90. The van der Waals surface area contributed by atoms with E-state index >= 15 is 0 Å². The zero-order valence-electron chi connectivity index (χ0n) is 20.3. The highest BCUT2D eigenvalue weighted by Gasteiger charge is 2.30. The van der Waals surface area contributed by atoms with Crippen molar-refractivity contribution in [3.05, 3.63) is 29.8 Å². The Morgan fingerprint density at radius 3 is 1.92 bits per heavy atom. The first-order valence-corrected chi connectivity index (χ1v) is 11.4. The number of hydrogen-bond acceptors (Lipinski definition) is 8. The van der Waals surface area contributed by atoms with Crippen LogP contribution < -0.4 is 27.4 Å². The number of phenolic OH excluding ortho intramolecular Hbond substituents is 1. The van der Waals surface area contributed by atoms with Crippen molar-refractivity contribution in [3.63, 3.8) is 0 Å². The zero-order chi connectivity index (χ0) is 27.4. The summed E-state index contributed by atoms with van der Waals surface area (Å²) < 4.78 is 0. The molecule has 0 bridgehead atoms. The van der Waals surface area contributed by atoms with E-state index in [1.807, 2.05) is 13.8 Å². The number of benzene rings is 1. The van der Waals surface area contributed by atoms with Gasteiger partial charge < -0.3 is 42.7 Å². The van der Waals surface area contributed by atoms with Crippen molar-refractivity contribution < 1.29 is 39.3 Å². The van der Waals surface area contributed by atoms with E-state index in [9.17, 15) is 34.2 Å². The van der Waals surface area contributed by atoms with E-state index in [1.54, 1.807) is 12.1 Å². The van der Waals surface area contributed by atoms with E-state index in [4.69, 9.17) is 16.6 Å². The Kier molecular flexibility index (Phi) is 12.3. The molecule has 1 aromatic rings. The van der Waals surface area contributed by atoms with Crippen molar-refractivity contribution in [2.45, 2.75) is 63.7 Å². The number of aliphatic hydroxyl groups is 1. The fourth-order valence-corrected chi connectivity index (χ4v) is 3.26. The second kappa shape index (κ2) is 14.6. The molecule has 0 spiro atoms. The Hall–Kier alpha value is -3.71. The number of amides is 4. The minimum absolute atomic E-state index is 0.00259. The molecule has 0 saturated carbocycles. The van der Waals surface area contributed by atoms with E-state index in [2.05, 4.69) is 16.0 Å². The Balaban J connectivity index is 3.13. The van der Waals surface area contributed by atoms with Crippen molar-refractivity contribution in [1.29, 1.82) is 0 Å². The van der Waals surface area contributed by atoms with Crippen LogP contribution in [-0.2, 0) is 30.4 Å². The van der Waals surface area contributed by atoms with Crippen LogP contribution in [0.3, 0.4) is 0 Å². The number of aliphatic hydroxyl groups excluding tert-OH is 1. The fraction of sp³-hybridized carbons (Fsp3) is 0.522. The minimum Gasteiger partial charge on any atom is -0.508 e. The molecule has 4 unspecified atom stereocenters. The largest absolute Gasteiger partial charge is 0.508 e. The number of hydrogen-bond donors (Lipinski definition) is 8. The van der Waals surface area contributed by atoms with E-state index in [-0.39, 0.29) is 30.9 Å². The molecule has 0 saturated heterocycles. The highest BCUT2D eigenvalue weighted by Crippen LogP contribution is 2.12. The zero-order valence-corrected chi connectivity index (χ0v) is 20.3. The first-order valence-electron chi connectivity index (χ1n) is 11.4. The minimum atomic E-state index is -1.63. The topological polar surface area (TPSA) is 234 Å². The number of nitrogens with one attached hydrogen (secondary N) is 3. The maximum Gasteiger partial charge on any atom is 0.328 e. The molecule has 0 aliphatic rings. The Labute approximate surface area is 208 Å². The van der Waals surface area contributed by atoms with E-state index in [1.165, 1.54) is 12.1 Å². The summed E-state index contributed by atoms with van der Waals surface area (Å²) in [5, 5.41) is 34.8. The number of carbonyl (C=O) groups is 5. The number of aromatic hydroxyl groups is 1. The summed E-state index contributed by atoms with van der Waals surface area (Å²) in [4.78, 5) is 60.9. The molecule has 0 aromatic heterocycles. The van der Waals surface area contributed by atoms with Gasteiger partial charge in [0, 0.05) is 12.8 Å². The standard InChI is InChI=1S/C23H35N5O8/c1-12(2)9-15(24)20(32)27-17(10-13-3-5-14(30)6-4-13)22(34)26-16(7-8-19(25)31)21(33)28-18(11-29)23(35)36/h3-6,12,15-18,29-30H,7-11,24H2,1-2H3,(H2,25,31)(H,26,34)(H,27,32)(H,28,33)(H,35,36). The molecule has 4 atom stereocenters. The van der Waals surface area contributed by atoms with Gasteiger partial charge in [0.2, 0.25) is 23.6 Å². The first kappa shape index (κ1) is 30.3. The summed E-state index contributed by atoms with van der Waals surface area (Å²) in [6.07, 6.45) is -0.216. The quantitative estimate of drug-likeness (QED) is 0.132. The van der Waals surface area contributed by atoms with Gasteiger partial charge in [0.1, 0.15) is 23.9 Å². The number of phenols is 1. The van der Waals surface area contributed by atoms with Gasteiger partial charge in [-0.1, -0.05) is 26.0 Å². The van der Waals surface area contributed by atoms with Crippen molar-refractivity contribution in [1.82, 2.24) is 16.0 Å². The maximum absolute atomic E-state index is 13.2. The van der Waals surface area contributed by atoms with Crippen molar-refractivity contribution in [3.8, 4) is 5.75 Å². The van der Waals surface area contributed by atoms with Crippen LogP contribution >= 0.6 is 0 Å². The lowest BCUT2D eigenvalue weighted by Crippen LogP contribution is -2.58. The third-order valence-corrected chi connectivity index (χ3v) is 5.18. The van der Waals surface area contributed by atoms with Crippen LogP contribution in [0.2, 0.25) is 0 Å². The molecule has 13 heteroatoms. The molecule has 200 valence electrons. The van der Waals surface area contributed by atoms with Gasteiger partial charge in [-0.2, -0.15) is 0 Å². The molecule has 36 heavy (non-hydrogen) atoms. The predicted molar refractivity (Wildman–Crippen MR) is 128 cm³/mol. The number of carboxylic acids is 1. The summed E-state index contributed by atoms with van der Waals surface area (Å²) in [5.41, 5.74) is 11.7. The molecular weight excluding hydrogens is 474 g/mol. The summed E-state index contributed by atoms with van der Waals surface area (Å²) in [5.74, 6) is -4.48. The van der Waals surface area contributed by atoms with Crippen LogP contribution in [0.5, 0.6) is 5.75 Å². The second-order valence-electron chi connectivity index (χ2n) is 8.82. The van der Waals surface area contributed by atoms with Crippen LogP contribution in [-0.4, -0.2) is 75.7 Å². The van der Waals surface area contributed by atoms with Crippen LogP contribution in [0.1, 0.15) is 38.7 Å². The summed E-state index contributed by atoms with van der Waals surface area (Å²) in [6, 6.07) is 0.792. The monoisotopic (exact) mass is 509 g/mol. The molecule has 1 aromatic carbocycles. The summed E-state index contributed by atoms with van der Waals surface area (Å²) in [7, 11) is 0. The highest BCUT2D eigenvalue weighted by molar-refractivity contribution is 5.94. The molecule has 0 aliphatic heterocycles. The van der Waals surface area contributed by atoms with Gasteiger partial charge in [-0.15, -0.1) is 0 Å². The van der Waals surface area contributed by atoms with Crippen LogP contribution in [0, 0.1) is 5.92 Å². The molecule has 0 aliphatic carbocycles. The Bertz CT molecular complexity index is 922. The number of primary amides is 1. The fourth-order valence-electron chi connectivity index (χ4n) is 3.26. The number of carbonyl (C=O) groups excluding carboxylic acids is 4. The Morgan fingerprint density at radius 1 is 0.889 bits per heavy atom. The summed E-state index contributed by atoms with van der Waals surface area (Å²) >= 11 is 0. The van der Waals surface area contributed by atoms with Crippen molar-refractivity contribution in [2.75, 3.05) is 6.61 Å².